The van der Waals surface area contributed by atoms with Gasteiger partial charge in [0.15, 0.2) is 0 Å². The van der Waals surface area contributed by atoms with Gasteiger partial charge in [0, 0.05) is 56.0 Å². The minimum atomic E-state index is -4.32. The molecule has 6 aromatic carbocycles. The van der Waals surface area contributed by atoms with Gasteiger partial charge in [-0.05, 0) is 180 Å². The van der Waals surface area contributed by atoms with Crippen molar-refractivity contribution in [3.8, 4) is 22.3 Å². The number of halogens is 4. The number of anilines is 2. The van der Waals surface area contributed by atoms with Gasteiger partial charge in [-0.25, -0.2) is 34.4 Å². The maximum atomic E-state index is 14.3. The molecule has 2 saturated carbocycles. The van der Waals surface area contributed by atoms with Crippen LogP contribution in [0.4, 0.5) is 28.9 Å². The zero-order chi connectivity index (χ0) is 49.6. The molecule has 2 aliphatic heterocycles. The second-order valence-corrected chi connectivity index (χ2v) is 23.2. The number of hydrogen-bond acceptors (Lipinski definition) is 8. The monoisotopic (exact) mass is 1000 g/mol. The Hall–Kier alpha value is -6.20. The van der Waals surface area contributed by atoms with Crippen LogP contribution in [0, 0.1) is 23.3 Å². The van der Waals surface area contributed by atoms with Gasteiger partial charge < -0.3 is 10.2 Å². The molecule has 0 atom stereocenters. The van der Waals surface area contributed by atoms with E-state index in [9.17, 15) is 44.0 Å². The third-order valence-electron chi connectivity index (χ3n) is 15.7. The molecule has 0 aromatic heterocycles. The van der Waals surface area contributed by atoms with Crippen molar-refractivity contribution < 1.29 is 44.0 Å². The number of likely N-dealkylation sites (N-methyl/N-ethyl adjacent to an activating group) is 1. The summed E-state index contributed by atoms with van der Waals surface area (Å²) in [6.45, 7) is 3.50. The number of hydrogen-bond donors (Lipinski definition) is 3. The quantitative estimate of drug-likeness (QED) is 0.128. The molecule has 2 fully saturated rings. The van der Waals surface area contributed by atoms with Gasteiger partial charge in [-0.15, -0.1) is 0 Å². The molecule has 6 aliphatic rings. The van der Waals surface area contributed by atoms with Crippen molar-refractivity contribution in [2.24, 2.45) is 0 Å². The molecule has 71 heavy (non-hydrogen) atoms. The van der Waals surface area contributed by atoms with E-state index >= 15 is 0 Å². The maximum absolute atomic E-state index is 14.3. The van der Waals surface area contributed by atoms with Gasteiger partial charge in [0.05, 0.1) is 10.8 Å². The Balaban J connectivity index is 0.000000154. The van der Waals surface area contributed by atoms with E-state index in [0.29, 0.717) is 25.0 Å². The number of fused-ring (bicyclic) bond motifs is 6. The number of carbonyl (C=O) groups is 2. The molecule has 0 amide bonds. The SMILES string of the molecule is CN1CCc2ccc(-c3cc(NS(=O)(=O)c4ccc(F)cc4F)cc4c3CC(=O)C43CCC3)cc2C1.O=C1Cc2c(-c3ccc4c(c3)CNCC4)cc(NS(=O)(=O)c3ccc(F)cc3F)cc2C12CCC2. The summed E-state index contributed by atoms with van der Waals surface area (Å²) >= 11 is 0. The average Bonchev–Trinajstić information content (AvgIpc) is 3.77. The lowest BCUT2D eigenvalue weighted by Crippen LogP contribution is -2.39. The number of sulfonamides is 2. The lowest BCUT2D eigenvalue weighted by atomic mass is 9.64. The first-order valence-corrected chi connectivity index (χ1v) is 26.9. The average molecular weight is 1000 g/mol. The topological polar surface area (TPSA) is 142 Å². The Bertz CT molecular complexity index is 3480. The Labute approximate surface area is 410 Å². The van der Waals surface area contributed by atoms with Crippen LogP contribution in [0.1, 0.15) is 83.0 Å². The molecule has 366 valence electrons. The molecule has 4 aliphatic carbocycles. The highest BCUT2D eigenvalue weighted by Crippen LogP contribution is 2.55. The van der Waals surface area contributed by atoms with Gasteiger partial charge in [-0.2, -0.15) is 0 Å². The molecule has 0 saturated heterocycles. The Morgan fingerprint density at radius 3 is 1.51 bits per heavy atom. The van der Waals surface area contributed by atoms with E-state index < -0.39 is 63.9 Å². The molecule has 12 rings (SSSR count). The predicted molar refractivity (Wildman–Crippen MR) is 262 cm³/mol. The molecule has 3 N–H and O–H groups in total. The van der Waals surface area contributed by atoms with Crippen LogP contribution < -0.4 is 14.8 Å². The number of rotatable bonds is 8. The molecule has 0 bridgehead atoms. The number of nitrogens with one attached hydrogen (secondary N) is 3. The highest BCUT2D eigenvalue weighted by atomic mass is 32.2. The van der Waals surface area contributed by atoms with E-state index in [-0.39, 0.29) is 22.9 Å². The number of carbonyl (C=O) groups excluding carboxylic acids is 2. The molecule has 2 spiro atoms. The smallest absolute Gasteiger partial charge is 0.264 e. The van der Waals surface area contributed by atoms with Crippen LogP contribution in [0.2, 0.25) is 0 Å². The van der Waals surface area contributed by atoms with Crippen LogP contribution in [0.5, 0.6) is 0 Å². The van der Waals surface area contributed by atoms with Crippen LogP contribution in [-0.4, -0.2) is 53.4 Å². The second-order valence-electron chi connectivity index (χ2n) is 19.9. The van der Waals surface area contributed by atoms with E-state index in [4.69, 9.17) is 0 Å². The number of nitrogens with zero attached hydrogens (tertiary/aromatic N) is 1. The highest BCUT2D eigenvalue weighted by Gasteiger charge is 2.52. The van der Waals surface area contributed by atoms with Crippen molar-refractivity contribution in [1.29, 1.82) is 0 Å². The van der Waals surface area contributed by atoms with E-state index in [0.717, 1.165) is 146 Å². The Morgan fingerprint density at radius 2 is 1.04 bits per heavy atom. The molecule has 0 unspecified atom stereocenters. The molecule has 16 heteroatoms. The molecule has 0 radical (unpaired) electrons. The summed E-state index contributed by atoms with van der Waals surface area (Å²) in [6.07, 6.45) is 7.43. The zero-order valence-electron chi connectivity index (χ0n) is 38.9. The molecular weight excluding hydrogens is 953 g/mol. The summed E-state index contributed by atoms with van der Waals surface area (Å²) in [4.78, 5) is 27.3. The van der Waals surface area contributed by atoms with Crippen molar-refractivity contribution >= 4 is 43.0 Å². The summed E-state index contributed by atoms with van der Waals surface area (Å²) in [5, 5.41) is 3.37. The van der Waals surface area contributed by atoms with E-state index in [2.05, 4.69) is 51.0 Å². The summed E-state index contributed by atoms with van der Waals surface area (Å²) in [5.74, 6) is -3.68. The third-order valence-corrected chi connectivity index (χ3v) is 18.5. The van der Waals surface area contributed by atoms with Crippen LogP contribution in [-0.2, 0) is 79.2 Å². The second kappa shape index (κ2) is 17.5. The van der Waals surface area contributed by atoms with Crippen molar-refractivity contribution in [2.45, 2.75) is 97.9 Å². The lowest BCUT2D eigenvalue weighted by Gasteiger charge is -2.38. The normalized spacial score (nSPS) is 18.4. The van der Waals surface area contributed by atoms with E-state index in [1.54, 1.807) is 24.3 Å². The summed E-state index contributed by atoms with van der Waals surface area (Å²) in [5.41, 5.74) is 11.5. The Kier molecular flexibility index (Phi) is 11.6. The summed E-state index contributed by atoms with van der Waals surface area (Å²) < 4.78 is 113. The minimum absolute atomic E-state index is 0.171. The minimum Gasteiger partial charge on any atom is -0.312 e. The predicted octanol–water partition coefficient (Wildman–Crippen LogP) is 9.59. The fourth-order valence-electron chi connectivity index (χ4n) is 11.6. The first-order chi connectivity index (χ1) is 33.9. The number of ketones is 2. The summed E-state index contributed by atoms with van der Waals surface area (Å²) in [6, 6.07) is 24.2. The first-order valence-electron chi connectivity index (χ1n) is 23.9. The van der Waals surface area contributed by atoms with Crippen molar-refractivity contribution in [1.82, 2.24) is 10.2 Å². The van der Waals surface area contributed by atoms with Gasteiger partial charge in [-0.3, -0.25) is 19.0 Å². The van der Waals surface area contributed by atoms with E-state index in [1.807, 2.05) is 12.1 Å². The Morgan fingerprint density at radius 1 is 0.563 bits per heavy atom. The summed E-state index contributed by atoms with van der Waals surface area (Å²) in [7, 11) is -6.56. The highest BCUT2D eigenvalue weighted by molar-refractivity contribution is 7.93. The lowest BCUT2D eigenvalue weighted by molar-refractivity contribution is -0.126. The number of benzene rings is 6. The van der Waals surface area contributed by atoms with Crippen LogP contribution in [0.25, 0.3) is 22.3 Å². The molecule has 6 aromatic rings. The standard InChI is InChI=1S/C28H26F2N2O3S.C27H24F2N2O3S/c1-32-10-7-17-3-4-18(11-19(17)16-32)22-13-21(14-24-23(22)15-27(33)28(24)8-2-9-28)31-36(34,35)26-6-5-20(29)12-25(26)30;28-19-4-5-25(24(29)11-19)35(33,34)31-20-12-21(17-3-2-16-6-9-30-15-18(16)10-17)22-14-26(32)27(7-1-8-27)23(22)13-20/h3-6,11-14,31H,2,7-10,15-16H2,1H3;2-5,10-13,30-31H,1,6-9,14-15H2. The van der Waals surface area contributed by atoms with Gasteiger partial charge in [0.1, 0.15) is 44.6 Å². The first kappa shape index (κ1) is 47.1. The van der Waals surface area contributed by atoms with Crippen molar-refractivity contribution in [2.75, 3.05) is 29.6 Å². The number of Topliss-reactive ketones (excluding diaryl/α,β-unsaturated/α-hetero) is 2. The van der Waals surface area contributed by atoms with Crippen molar-refractivity contribution in [3.05, 3.63) is 165 Å². The van der Waals surface area contributed by atoms with Crippen LogP contribution in [0.15, 0.2) is 107 Å². The van der Waals surface area contributed by atoms with Gasteiger partial charge in [0.2, 0.25) is 0 Å². The molecule has 2 heterocycles. The van der Waals surface area contributed by atoms with Gasteiger partial charge >= 0.3 is 0 Å². The van der Waals surface area contributed by atoms with Gasteiger partial charge in [-0.1, -0.05) is 37.1 Å². The van der Waals surface area contributed by atoms with E-state index in [1.165, 1.54) is 22.3 Å². The van der Waals surface area contributed by atoms with Crippen molar-refractivity contribution in [3.63, 3.8) is 0 Å². The van der Waals surface area contributed by atoms with Crippen LogP contribution >= 0.6 is 0 Å². The zero-order valence-corrected chi connectivity index (χ0v) is 40.5. The maximum Gasteiger partial charge on any atom is 0.264 e. The largest absolute Gasteiger partial charge is 0.312 e. The van der Waals surface area contributed by atoms with Gasteiger partial charge in [0.25, 0.3) is 20.0 Å². The van der Waals surface area contributed by atoms with Crippen LogP contribution in [0.3, 0.4) is 0 Å². The third kappa shape index (κ3) is 8.26. The fraction of sp³-hybridized carbons (Fsp3) is 0.309. The fourth-order valence-corrected chi connectivity index (χ4v) is 13.9. The molecule has 10 nitrogen and oxygen atoms in total. The molecular formula is C55H50F4N4O6S2.